The van der Waals surface area contributed by atoms with Crippen molar-refractivity contribution in [1.82, 2.24) is 15.1 Å². The molecule has 1 aromatic carbocycles. The molecule has 1 atom stereocenters. The average molecular weight is 365 g/mol. The predicted octanol–water partition coefficient (Wildman–Crippen LogP) is 4.03. The lowest BCUT2D eigenvalue weighted by Gasteiger charge is -2.31. The second kappa shape index (κ2) is 7.56. The van der Waals surface area contributed by atoms with Crippen LogP contribution in [0.25, 0.3) is 0 Å². The highest BCUT2D eigenvalue weighted by atomic mass is 32.1. The van der Waals surface area contributed by atoms with Crippen LogP contribution in [-0.2, 0) is 6.42 Å². The molecule has 1 aliphatic heterocycles. The van der Waals surface area contributed by atoms with Gasteiger partial charge < -0.3 is 4.90 Å². The summed E-state index contributed by atoms with van der Waals surface area (Å²) in [6.45, 7) is 5.34. The Morgan fingerprint density at radius 3 is 2.88 bits per heavy atom. The van der Waals surface area contributed by atoms with Gasteiger partial charge in [-0.15, -0.1) is 21.5 Å². The third-order valence-electron chi connectivity index (χ3n) is 4.28. The average Bonchev–Trinajstić information content (AvgIpc) is 3.02. The van der Waals surface area contributed by atoms with Crippen molar-refractivity contribution in [2.45, 2.75) is 39.0 Å². The van der Waals surface area contributed by atoms with Crippen molar-refractivity contribution in [3.8, 4) is 0 Å². The fraction of sp³-hybridized carbons (Fsp3) is 0.500. The molecule has 0 radical (unpaired) electrons. The van der Waals surface area contributed by atoms with Gasteiger partial charge in [0.05, 0.1) is 5.56 Å². The van der Waals surface area contributed by atoms with Gasteiger partial charge in [0.2, 0.25) is 0 Å². The maximum atomic E-state index is 13.9. The fourth-order valence-electron chi connectivity index (χ4n) is 3.06. The second-order valence-corrected chi connectivity index (χ2v) is 7.94. The van der Waals surface area contributed by atoms with E-state index in [1.165, 1.54) is 6.07 Å². The van der Waals surface area contributed by atoms with Crippen LogP contribution < -0.4 is 0 Å². The van der Waals surface area contributed by atoms with Crippen molar-refractivity contribution in [3.05, 3.63) is 45.4 Å². The van der Waals surface area contributed by atoms with Crippen molar-refractivity contribution < 1.29 is 13.6 Å². The predicted molar refractivity (Wildman–Crippen MR) is 92.7 cm³/mol. The van der Waals surface area contributed by atoms with Crippen LogP contribution in [0.1, 0.15) is 53.0 Å². The Morgan fingerprint density at radius 2 is 2.16 bits per heavy atom. The number of rotatable bonds is 4. The molecule has 3 rings (SSSR count). The summed E-state index contributed by atoms with van der Waals surface area (Å²) >= 11 is 1.60. The second-order valence-electron chi connectivity index (χ2n) is 6.85. The van der Waals surface area contributed by atoms with E-state index < -0.39 is 17.5 Å². The standard InChI is InChI=1S/C18H21F2N3OS/c1-11(2)8-16-21-22-17(25-16)12-4-3-7-23(10-12)18(24)14-6-5-13(19)9-15(14)20/h5-6,9,11-12H,3-4,7-8,10H2,1-2H3. The summed E-state index contributed by atoms with van der Waals surface area (Å²) in [7, 11) is 0. The van der Waals surface area contributed by atoms with Gasteiger partial charge in [-0.05, 0) is 30.9 Å². The van der Waals surface area contributed by atoms with Gasteiger partial charge in [0.25, 0.3) is 5.91 Å². The minimum absolute atomic E-state index is 0.0835. The van der Waals surface area contributed by atoms with Crippen molar-refractivity contribution >= 4 is 17.2 Å². The molecule has 0 saturated carbocycles. The number of hydrogen-bond donors (Lipinski definition) is 0. The van der Waals surface area contributed by atoms with Gasteiger partial charge in [0, 0.05) is 31.5 Å². The number of piperidine rings is 1. The summed E-state index contributed by atoms with van der Waals surface area (Å²) in [5, 5.41) is 10.5. The number of nitrogens with zero attached hydrogens (tertiary/aromatic N) is 3. The minimum Gasteiger partial charge on any atom is -0.338 e. The maximum absolute atomic E-state index is 13.9. The first kappa shape index (κ1) is 17.9. The summed E-state index contributed by atoms with van der Waals surface area (Å²) in [6.07, 6.45) is 2.66. The van der Waals surface area contributed by atoms with Gasteiger partial charge in [-0.1, -0.05) is 13.8 Å². The molecule has 1 unspecified atom stereocenters. The Labute approximate surface area is 149 Å². The van der Waals surface area contributed by atoms with E-state index in [0.717, 1.165) is 41.4 Å². The van der Waals surface area contributed by atoms with Gasteiger partial charge in [-0.3, -0.25) is 4.79 Å². The molecular formula is C18H21F2N3OS. The molecule has 7 heteroatoms. The summed E-state index contributed by atoms with van der Waals surface area (Å²) in [5.74, 6) is -1.25. The first-order chi connectivity index (χ1) is 11.9. The van der Waals surface area contributed by atoms with Crippen LogP contribution in [0.5, 0.6) is 0 Å². The number of carbonyl (C=O) groups is 1. The minimum atomic E-state index is -0.817. The highest BCUT2D eigenvalue weighted by molar-refractivity contribution is 7.11. The summed E-state index contributed by atoms with van der Waals surface area (Å²) < 4.78 is 26.9. The molecule has 134 valence electrons. The van der Waals surface area contributed by atoms with E-state index >= 15 is 0 Å². The molecule has 1 aliphatic rings. The quantitative estimate of drug-likeness (QED) is 0.822. The Bertz CT molecular complexity index is 763. The number of carbonyl (C=O) groups excluding carboxylic acids is 1. The Hall–Kier alpha value is -1.89. The summed E-state index contributed by atoms with van der Waals surface area (Å²) in [5.41, 5.74) is -0.0835. The van der Waals surface area contributed by atoms with E-state index in [0.29, 0.717) is 19.0 Å². The maximum Gasteiger partial charge on any atom is 0.256 e. The monoisotopic (exact) mass is 365 g/mol. The summed E-state index contributed by atoms with van der Waals surface area (Å²) in [6, 6.07) is 3.07. The summed E-state index contributed by atoms with van der Waals surface area (Å²) in [4.78, 5) is 14.2. The first-order valence-electron chi connectivity index (χ1n) is 8.50. The normalized spacial score (nSPS) is 18.0. The van der Waals surface area contributed by atoms with Gasteiger partial charge in [0.1, 0.15) is 21.6 Å². The van der Waals surface area contributed by atoms with Crippen LogP contribution in [-0.4, -0.2) is 34.1 Å². The molecule has 1 amide bonds. The molecule has 0 spiro atoms. The van der Waals surface area contributed by atoms with E-state index in [1.807, 2.05) is 0 Å². The highest BCUT2D eigenvalue weighted by Gasteiger charge is 2.29. The number of aromatic nitrogens is 2. The lowest BCUT2D eigenvalue weighted by Crippen LogP contribution is -2.39. The van der Waals surface area contributed by atoms with Gasteiger partial charge >= 0.3 is 0 Å². The first-order valence-corrected chi connectivity index (χ1v) is 9.32. The molecule has 2 heterocycles. The zero-order valence-electron chi connectivity index (χ0n) is 14.3. The molecule has 0 bridgehead atoms. The lowest BCUT2D eigenvalue weighted by molar-refractivity contribution is 0.0702. The molecule has 4 nitrogen and oxygen atoms in total. The van der Waals surface area contributed by atoms with E-state index in [9.17, 15) is 13.6 Å². The third kappa shape index (κ3) is 4.21. The SMILES string of the molecule is CC(C)Cc1nnc(C2CCCN(C(=O)c3ccc(F)cc3F)C2)s1. The van der Waals surface area contributed by atoms with E-state index in [4.69, 9.17) is 0 Å². The van der Waals surface area contributed by atoms with Crippen LogP contribution >= 0.6 is 11.3 Å². The number of likely N-dealkylation sites (tertiary alicyclic amines) is 1. The van der Waals surface area contributed by atoms with Crippen molar-refractivity contribution in [1.29, 1.82) is 0 Å². The van der Waals surface area contributed by atoms with Crippen LogP contribution in [0.3, 0.4) is 0 Å². The van der Waals surface area contributed by atoms with E-state index in [-0.39, 0.29) is 11.5 Å². The van der Waals surface area contributed by atoms with E-state index in [1.54, 1.807) is 16.2 Å². The highest BCUT2D eigenvalue weighted by Crippen LogP contribution is 2.30. The molecule has 1 fully saturated rings. The molecule has 2 aromatic rings. The third-order valence-corrected chi connectivity index (χ3v) is 5.39. The molecule has 1 aromatic heterocycles. The fourth-order valence-corrected chi connectivity index (χ4v) is 4.24. The van der Waals surface area contributed by atoms with Crippen LogP contribution in [0.4, 0.5) is 8.78 Å². The van der Waals surface area contributed by atoms with Crippen molar-refractivity contribution in [3.63, 3.8) is 0 Å². The molecule has 0 N–H and O–H groups in total. The molecule has 0 aliphatic carbocycles. The number of halogens is 2. The topological polar surface area (TPSA) is 46.1 Å². The van der Waals surface area contributed by atoms with Crippen LogP contribution in [0, 0.1) is 17.6 Å². The van der Waals surface area contributed by atoms with E-state index in [2.05, 4.69) is 24.0 Å². The number of benzene rings is 1. The van der Waals surface area contributed by atoms with Gasteiger partial charge in [-0.2, -0.15) is 0 Å². The zero-order chi connectivity index (χ0) is 18.0. The molecular weight excluding hydrogens is 344 g/mol. The molecule has 1 saturated heterocycles. The Balaban J connectivity index is 1.72. The Morgan fingerprint density at radius 1 is 1.36 bits per heavy atom. The lowest BCUT2D eigenvalue weighted by atomic mass is 9.98. The smallest absolute Gasteiger partial charge is 0.256 e. The van der Waals surface area contributed by atoms with Gasteiger partial charge in [-0.25, -0.2) is 8.78 Å². The zero-order valence-corrected chi connectivity index (χ0v) is 15.2. The number of amides is 1. The van der Waals surface area contributed by atoms with Crippen LogP contribution in [0.2, 0.25) is 0 Å². The van der Waals surface area contributed by atoms with Crippen molar-refractivity contribution in [2.24, 2.45) is 5.92 Å². The largest absolute Gasteiger partial charge is 0.338 e. The molecule has 25 heavy (non-hydrogen) atoms. The van der Waals surface area contributed by atoms with Crippen LogP contribution in [0.15, 0.2) is 18.2 Å². The Kier molecular flexibility index (Phi) is 5.42. The van der Waals surface area contributed by atoms with Gasteiger partial charge in [0.15, 0.2) is 0 Å². The number of hydrogen-bond acceptors (Lipinski definition) is 4. The van der Waals surface area contributed by atoms with Crippen molar-refractivity contribution in [2.75, 3.05) is 13.1 Å².